The van der Waals surface area contributed by atoms with Crippen molar-refractivity contribution < 1.29 is 0 Å². The molecule has 0 spiro atoms. The van der Waals surface area contributed by atoms with Crippen LogP contribution in [0.2, 0.25) is 0 Å². The Morgan fingerprint density at radius 2 is 2.23 bits per heavy atom. The topological polar surface area (TPSA) is 21.1 Å². The van der Waals surface area contributed by atoms with Gasteiger partial charge in [0.05, 0.1) is 5.69 Å². The SMILES string of the molecule is CCc1nn(C)cc1CN1CCC1. The van der Waals surface area contributed by atoms with Gasteiger partial charge in [-0.25, -0.2) is 0 Å². The van der Waals surface area contributed by atoms with Crippen LogP contribution in [-0.2, 0) is 20.0 Å². The Balaban J connectivity index is 2.08. The minimum Gasteiger partial charge on any atom is -0.299 e. The van der Waals surface area contributed by atoms with E-state index in [2.05, 4.69) is 23.1 Å². The van der Waals surface area contributed by atoms with Crippen LogP contribution in [0.1, 0.15) is 24.6 Å². The molecule has 1 saturated heterocycles. The fourth-order valence-electron chi connectivity index (χ4n) is 1.79. The summed E-state index contributed by atoms with van der Waals surface area (Å²) in [6.45, 7) is 5.79. The zero-order valence-corrected chi connectivity index (χ0v) is 8.45. The van der Waals surface area contributed by atoms with E-state index in [1.807, 2.05) is 11.7 Å². The third-order valence-electron chi connectivity index (χ3n) is 2.67. The molecule has 0 bridgehead atoms. The molecule has 0 aliphatic carbocycles. The van der Waals surface area contributed by atoms with Gasteiger partial charge >= 0.3 is 0 Å². The molecule has 2 rings (SSSR count). The Kier molecular flexibility index (Phi) is 2.36. The lowest BCUT2D eigenvalue weighted by Crippen LogP contribution is -2.36. The molecule has 3 heteroatoms. The Morgan fingerprint density at radius 1 is 1.46 bits per heavy atom. The van der Waals surface area contributed by atoms with Crippen molar-refractivity contribution in [1.29, 1.82) is 0 Å². The molecule has 0 unspecified atom stereocenters. The average molecular weight is 179 g/mol. The third-order valence-corrected chi connectivity index (χ3v) is 2.67. The van der Waals surface area contributed by atoms with E-state index in [-0.39, 0.29) is 0 Å². The van der Waals surface area contributed by atoms with Gasteiger partial charge in [-0.1, -0.05) is 6.92 Å². The van der Waals surface area contributed by atoms with Crippen LogP contribution in [0.4, 0.5) is 0 Å². The van der Waals surface area contributed by atoms with Crippen molar-refractivity contribution in [3.8, 4) is 0 Å². The Bertz CT molecular complexity index is 286. The second-order valence-corrected chi connectivity index (χ2v) is 3.76. The van der Waals surface area contributed by atoms with Gasteiger partial charge in [-0.05, 0) is 25.9 Å². The van der Waals surface area contributed by atoms with E-state index in [1.54, 1.807) is 0 Å². The summed E-state index contributed by atoms with van der Waals surface area (Å²) in [5.74, 6) is 0. The lowest BCUT2D eigenvalue weighted by molar-refractivity contribution is 0.172. The molecule has 1 aliphatic rings. The lowest BCUT2D eigenvalue weighted by Gasteiger charge is -2.30. The second kappa shape index (κ2) is 3.50. The summed E-state index contributed by atoms with van der Waals surface area (Å²) in [6, 6.07) is 0. The van der Waals surface area contributed by atoms with Crippen molar-refractivity contribution in [2.75, 3.05) is 13.1 Å². The molecule has 0 N–H and O–H groups in total. The van der Waals surface area contributed by atoms with Crippen LogP contribution in [0.25, 0.3) is 0 Å². The van der Waals surface area contributed by atoms with Gasteiger partial charge in [-0.3, -0.25) is 9.58 Å². The quantitative estimate of drug-likeness (QED) is 0.695. The predicted octanol–water partition coefficient (Wildman–Crippen LogP) is 1.19. The van der Waals surface area contributed by atoms with Crippen molar-refractivity contribution >= 4 is 0 Å². The van der Waals surface area contributed by atoms with Gasteiger partial charge in [0.25, 0.3) is 0 Å². The van der Waals surface area contributed by atoms with Crippen LogP contribution >= 0.6 is 0 Å². The molecular weight excluding hydrogens is 162 g/mol. The Morgan fingerprint density at radius 3 is 2.77 bits per heavy atom. The molecule has 72 valence electrons. The number of aromatic nitrogens is 2. The van der Waals surface area contributed by atoms with Crippen LogP contribution in [0.3, 0.4) is 0 Å². The molecule has 1 aliphatic heterocycles. The summed E-state index contributed by atoms with van der Waals surface area (Å²) in [6.07, 6.45) is 4.56. The fraction of sp³-hybridized carbons (Fsp3) is 0.700. The first kappa shape index (κ1) is 8.75. The smallest absolute Gasteiger partial charge is 0.0666 e. The van der Waals surface area contributed by atoms with Crippen LogP contribution < -0.4 is 0 Å². The summed E-state index contributed by atoms with van der Waals surface area (Å²) in [4.78, 5) is 2.47. The highest BCUT2D eigenvalue weighted by atomic mass is 15.3. The summed E-state index contributed by atoms with van der Waals surface area (Å²) in [7, 11) is 2.00. The number of aryl methyl sites for hydroxylation is 2. The number of hydrogen-bond donors (Lipinski definition) is 0. The number of nitrogens with zero attached hydrogens (tertiary/aromatic N) is 3. The molecule has 3 nitrogen and oxygen atoms in total. The monoisotopic (exact) mass is 179 g/mol. The Labute approximate surface area is 79.3 Å². The molecule has 0 aromatic carbocycles. The fourth-order valence-corrected chi connectivity index (χ4v) is 1.79. The number of hydrogen-bond acceptors (Lipinski definition) is 2. The van der Waals surface area contributed by atoms with Crippen LogP contribution in [0, 0.1) is 0 Å². The highest BCUT2D eigenvalue weighted by Crippen LogP contribution is 2.15. The maximum atomic E-state index is 4.43. The molecule has 1 aromatic heterocycles. The molecule has 1 fully saturated rings. The van der Waals surface area contributed by atoms with Crippen molar-refractivity contribution in [1.82, 2.24) is 14.7 Å². The standard InChI is InChI=1S/C10H17N3/c1-3-10-9(7-12(2)11-10)8-13-5-4-6-13/h7H,3-6,8H2,1-2H3. The predicted molar refractivity (Wildman–Crippen MR) is 52.5 cm³/mol. The average Bonchev–Trinajstić information content (AvgIpc) is 2.38. The van der Waals surface area contributed by atoms with Crippen molar-refractivity contribution in [3.63, 3.8) is 0 Å². The zero-order valence-electron chi connectivity index (χ0n) is 8.45. The first-order valence-corrected chi connectivity index (χ1v) is 5.03. The highest BCUT2D eigenvalue weighted by Gasteiger charge is 2.16. The van der Waals surface area contributed by atoms with Crippen LogP contribution in [0.5, 0.6) is 0 Å². The molecule has 0 saturated carbocycles. The van der Waals surface area contributed by atoms with E-state index in [4.69, 9.17) is 0 Å². The zero-order chi connectivity index (χ0) is 9.26. The van der Waals surface area contributed by atoms with Crippen molar-refractivity contribution in [2.45, 2.75) is 26.3 Å². The maximum Gasteiger partial charge on any atom is 0.0666 e. The molecule has 0 amide bonds. The highest BCUT2D eigenvalue weighted by molar-refractivity contribution is 5.17. The van der Waals surface area contributed by atoms with E-state index in [0.717, 1.165) is 13.0 Å². The van der Waals surface area contributed by atoms with Gasteiger partial charge in [-0.15, -0.1) is 0 Å². The van der Waals surface area contributed by atoms with E-state index >= 15 is 0 Å². The third kappa shape index (κ3) is 1.75. The minimum atomic E-state index is 1.05. The van der Waals surface area contributed by atoms with Crippen molar-refractivity contribution in [2.24, 2.45) is 7.05 Å². The van der Waals surface area contributed by atoms with Gasteiger partial charge < -0.3 is 0 Å². The molecular formula is C10H17N3. The molecule has 13 heavy (non-hydrogen) atoms. The summed E-state index contributed by atoms with van der Waals surface area (Å²) in [5, 5.41) is 4.43. The lowest BCUT2D eigenvalue weighted by atomic mass is 10.1. The molecule has 2 heterocycles. The van der Waals surface area contributed by atoms with Crippen LogP contribution in [-0.4, -0.2) is 27.8 Å². The number of likely N-dealkylation sites (tertiary alicyclic amines) is 1. The molecule has 0 atom stereocenters. The Hall–Kier alpha value is -0.830. The van der Waals surface area contributed by atoms with E-state index in [1.165, 1.54) is 30.8 Å². The van der Waals surface area contributed by atoms with Crippen LogP contribution in [0.15, 0.2) is 6.20 Å². The second-order valence-electron chi connectivity index (χ2n) is 3.76. The molecule has 1 aromatic rings. The summed E-state index contributed by atoms with van der Waals surface area (Å²) < 4.78 is 1.92. The van der Waals surface area contributed by atoms with E-state index < -0.39 is 0 Å². The number of rotatable bonds is 3. The first-order chi connectivity index (χ1) is 6.29. The summed E-state index contributed by atoms with van der Waals surface area (Å²) in [5.41, 5.74) is 2.67. The normalized spacial score (nSPS) is 17.4. The van der Waals surface area contributed by atoms with Gasteiger partial charge in [0.2, 0.25) is 0 Å². The van der Waals surface area contributed by atoms with Gasteiger partial charge in [0.15, 0.2) is 0 Å². The maximum absolute atomic E-state index is 4.43. The van der Waals surface area contributed by atoms with E-state index in [0.29, 0.717) is 0 Å². The largest absolute Gasteiger partial charge is 0.299 e. The van der Waals surface area contributed by atoms with Gasteiger partial charge in [0, 0.05) is 25.4 Å². The first-order valence-electron chi connectivity index (χ1n) is 5.03. The van der Waals surface area contributed by atoms with Crippen molar-refractivity contribution in [3.05, 3.63) is 17.5 Å². The minimum absolute atomic E-state index is 1.05. The van der Waals surface area contributed by atoms with E-state index in [9.17, 15) is 0 Å². The van der Waals surface area contributed by atoms with Gasteiger partial charge in [-0.2, -0.15) is 5.10 Å². The summed E-state index contributed by atoms with van der Waals surface area (Å²) >= 11 is 0. The molecule has 0 radical (unpaired) electrons. The van der Waals surface area contributed by atoms with Gasteiger partial charge in [0.1, 0.15) is 0 Å².